The summed E-state index contributed by atoms with van der Waals surface area (Å²) in [6, 6.07) is 0. The average Bonchev–Trinajstić information content (AvgIpc) is 2.74. The van der Waals surface area contributed by atoms with Crippen LogP contribution >= 0.6 is 11.5 Å². The van der Waals surface area contributed by atoms with Crippen molar-refractivity contribution in [3.05, 3.63) is 11.1 Å². The van der Waals surface area contributed by atoms with Crippen LogP contribution in [0.15, 0.2) is 5.38 Å². The van der Waals surface area contributed by atoms with Crippen LogP contribution in [-0.2, 0) is 21.1 Å². The topological polar surface area (TPSA) is 77.0 Å². The first kappa shape index (κ1) is 10.7. The highest BCUT2D eigenvalue weighted by Crippen LogP contribution is 2.20. The third-order valence-corrected chi connectivity index (χ3v) is 4.77. The second kappa shape index (κ2) is 3.97. The molecule has 0 N–H and O–H groups in total. The standard InChI is InChI=1S/C8H10N2O3S2/c11-8(3-7-4-14-10-9-7)6-1-2-15(12,13)5-6/h4,6H,1-3,5H2. The number of sulfone groups is 1. The lowest BCUT2D eigenvalue weighted by Gasteiger charge is -2.03. The molecule has 1 aliphatic heterocycles. The summed E-state index contributed by atoms with van der Waals surface area (Å²) in [7, 11) is -2.97. The van der Waals surface area contributed by atoms with Crippen molar-refractivity contribution in [2.24, 2.45) is 5.92 Å². The van der Waals surface area contributed by atoms with Gasteiger partial charge < -0.3 is 0 Å². The van der Waals surface area contributed by atoms with Crippen LogP contribution in [0.4, 0.5) is 0 Å². The maximum Gasteiger partial charge on any atom is 0.151 e. The van der Waals surface area contributed by atoms with Gasteiger partial charge in [0.15, 0.2) is 9.84 Å². The fraction of sp³-hybridized carbons (Fsp3) is 0.625. The highest BCUT2D eigenvalue weighted by Gasteiger charge is 2.32. The van der Waals surface area contributed by atoms with Crippen LogP contribution < -0.4 is 0 Å². The maximum absolute atomic E-state index is 11.7. The second-order valence-electron chi connectivity index (χ2n) is 3.64. The van der Waals surface area contributed by atoms with Crippen molar-refractivity contribution in [2.45, 2.75) is 12.8 Å². The summed E-state index contributed by atoms with van der Waals surface area (Å²) in [6.45, 7) is 0. The third-order valence-electron chi connectivity index (χ3n) is 2.45. The number of Topliss-reactive ketones (excluding diaryl/α,β-unsaturated/α-hetero) is 1. The number of rotatable bonds is 3. The molecule has 1 atom stereocenters. The molecule has 0 saturated carbocycles. The van der Waals surface area contributed by atoms with Gasteiger partial charge in [-0.05, 0) is 18.0 Å². The molecule has 2 rings (SSSR count). The maximum atomic E-state index is 11.7. The molecular weight excluding hydrogens is 236 g/mol. The molecule has 2 heterocycles. The van der Waals surface area contributed by atoms with Crippen molar-refractivity contribution in [3.8, 4) is 0 Å². The monoisotopic (exact) mass is 246 g/mol. The van der Waals surface area contributed by atoms with E-state index in [9.17, 15) is 13.2 Å². The Morgan fingerprint density at radius 3 is 2.93 bits per heavy atom. The molecule has 1 aromatic heterocycles. The lowest BCUT2D eigenvalue weighted by Crippen LogP contribution is -2.18. The van der Waals surface area contributed by atoms with E-state index in [1.165, 1.54) is 11.5 Å². The van der Waals surface area contributed by atoms with Gasteiger partial charge in [0.25, 0.3) is 0 Å². The van der Waals surface area contributed by atoms with Gasteiger partial charge in [0.05, 0.1) is 23.6 Å². The van der Waals surface area contributed by atoms with Crippen molar-refractivity contribution >= 4 is 27.2 Å². The van der Waals surface area contributed by atoms with E-state index in [-0.39, 0.29) is 29.6 Å². The summed E-state index contributed by atoms with van der Waals surface area (Å²) in [5, 5.41) is 5.47. The molecule has 1 unspecified atom stereocenters. The molecule has 7 heteroatoms. The van der Waals surface area contributed by atoms with Gasteiger partial charge >= 0.3 is 0 Å². The molecule has 0 bridgehead atoms. The molecule has 1 aromatic rings. The molecule has 1 fully saturated rings. The lowest BCUT2D eigenvalue weighted by molar-refractivity contribution is -0.121. The quantitative estimate of drug-likeness (QED) is 0.755. The minimum absolute atomic E-state index is 0.00337. The number of aromatic nitrogens is 2. The van der Waals surface area contributed by atoms with Gasteiger partial charge in [0.2, 0.25) is 0 Å². The van der Waals surface area contributed by atoms with Crippen LogP contribution in [0.25, 0.3) is 0 Å². The van der Waals surface area contributed by atoms with E-state index in [0.717, 1.165) is 0 Å². The number of carbonyl (C=O) groups is 1. The Labute approximate surface area is 91.6 Å². The van der Waals surface area contributed by atoms with Gasteiger partial charge in [-0.1, -0.05) is 4.49 Å². The summed E-state index contributed by atoms with van der Waals surface area (Å²) in [4.78, 5) is 11.7. The van der Waals surface area contributed by atoms with E-state index in [0.29, 0.717) is 12.1 Å². The fourth-order valence-electron chi connectivity index (χ4n) is 1.63. The first-order valence-corrected chi connectivity index (χ1v) is 7.22. The van der Waals surface area contributed by atoms with Gasteiger partial charge in [0, 0.05) is 11.3 Å². The number of hydrogen-bond donors (Lipinski definition) is 0. The molecule has 15 heavy (non-hydrogen) atoms. The van der Waals surface area contributed by atoms with Crippen LogP contribution in [0, 0.1) is 5.92 Å². The molecule has 5 nitrogen and oxygen atoms in total. The Balaban J connectivity index is 1.99. The number of carbonyl (C=O) groups excluding carboxylic acids is 1. The first-order valence-electron chi connectivity index (χ1n) is 4.56. The molecule has 1 saturated heterocycles. The largest absolute Gasteiger partial charge is 0.299 e. The van der Waals surface area contributed by atoms with Crippen LogP contribution in [0.5, 0.6) is 0 Å². The van der Waals surface area contributed by atoms with E-state index < -0.39 is 9.84 Å². The molecule has 0 radical (unpaired) electrons. The SMILES string of the molecule is O=C(Cc1csnn1)C1CCS(=O)(=O)C1. The zero-order chi connectivity index (χ0) is 10.9. The van der Waals surface area contributed by atoms with Crippen molar-refractivity contribution in [2.75, 3.05) is 11.5 Å². The van der Waals surface area contributed by atoms with E-state index in [1.54, 1.807) is 5.38 Å². The minimum Gasteiger partial charge on any atom is -0.299 e. The van der Waals surface area contributed by atoms with Gasteiger partial charge in [-0.2, -0.15) is 0 Å². The highest BCUT2D eigenvalue weighted by atomic mass is 32.2. The molecule has 1 aliphatic rings. The molecule has 0 amide bonds. The molecular formula is C8H10N2O3S2. The molecule has 0 spiro atoms. The van der Waals surface area contributed by atoms with Crippen molar-refractivity contribution < 1.29 is 13.2 Å². The van der Waals surface area contributed by atoms with Crippen LogP contribution in [0.3, 0.4) is 0 Å². The number of ketones is 1. The average molecular weight is 246 g/mol. The predicted octanol–water partition coefficient (Wildman–Crippen LogP) is 0.0844. The van der Waals surface area contributed by atoms with Gasteiger partial charge in [-0.3, -0.25) is 4.79 Å². The van der Waals surface area contributed by atoms with E-state index in [4.69, 9.17) is 0 Å². The van der Waals surface area contributed by atoms with E-state index in [2.05, 4.69) is 9.59 Å². The Kier molecular flexibility index (Phi) is 2.83. The fourth-order valence-corrected chi connectivity index (χ4v) is 3.86. The zero-order valence-corrected chi connectivity index (χ0v) is 9.55. The van der Waals surface area contributed by atoms with Crippen LogP contribution in [0.2, 0.25) is 0 Å². The summed E-state index contributed by atoms with van der Waals surface area (Å²) in [6.07, 6.45) is 0.662. The molecule has 0 aromatic carbocycles. The van der Waals surface area contributed by atoms with Crippen molar-refractivity contribution in [3.63, 3.8) is 0 Å². The second-order valence-corrected chi connectivity index (χ2v) is 6.48. The van der Waals surface area contributed by atoms with E-state index in [1.807, 2.05) is 0 Å². The summed E-state index contributed by atoms with van der Waals surface area (Å²) < 4.78 is 26.0. The van der Waals surface area contributed by atoms with Crippen molar-refractivity contribution in [1.82, 2.24) is 9.59 Å². The smallest absolute Gasteiger partial charge is 0.151 e. The third kappa shape index (κ3) is 2.60. The van der Waals surface area contributed by atoms with E-state index >= 15 is 0 Å². The Hall–Kier alpha value is -0.820. The summed E-state index contributed by atoms with van der Waals surface area (Å²) >= 11 is 1.19. The lowest BCUT2D eigenvalue weighted by atomic mass is 10.0. The Morgan fingerprint density at radius 1 is 1.60 bits per heavy atom. The minimum atomic E-state index is -2.97. The Morgan fingerprint density at radius 2 is 2.40 bits per heavy atom. The summed E-state index contributed by atoms with van der Waals surface area (Å²) in [5.41, 5.74) is 0.634. The van der Waals surface area contributed by atoms with Gasteiger partial charge in [-0.25, -0.2) is 8.42 Å². The van der Waals surface area contributed by atoms with Crippen LogP contribution in [0.1, 0.15) is 12.1 Å². The first-order chi connectivity index (χ1) is 7.07. The van der Waals surface area contributed by atoms with Crippen LogP contribution in [-0.4, -0.2) is 35.3 Å². The highest BCUT2D eigenvalue weighted by molar-refractivity contribution is 7.91. The number of nitrogens with zero attached hydrogens (tertiary/aromatic N) is 2. The van der Waals surface area contributed by atoms with Crippen molar-refractivity contribution in [1.29, 1.82) is 0 Å². The Bertz CT molecular complexity index is 452. The normalized spacial score (nSPS) is 24.1. The predicted molar refractivity (Wildman–Crippen MR) is 55.4 cm³/mol. The summed E-state index contributed by atoms with van der Waals surface area (Å²) in [5.74, 6) is -0.234. The zero-order valence-electron chi connectivity index (χ0n) is 7.92. The van der Waals surface area contributed by atoms with Gasteiger partial charge in [-0.15, -0.1) is 5.10 Å². The number of hydrogen-bond acceptors (Lipinski definition) is 6. The van der Waals surface area contributed by atoms with Gasteiger partial charge in [0.1, 0.15) is 5.78 Å². The molecule has 0 aliphatic carbocycles. The molecule has 82 valence electrons.